The van der Waals surface area contributed by atoms with Crippen LogP contribution in [0, 0.1) is 20.8 Å². The Morgan fingerprint density at radius 2 is 1.96 bits per heavy atom. The normalized spacial score (nSPS) is 12.5. The Morgan fingerprint density at radius 1 is 1.18 bits per heavy atom. The van der Waals surface area contributed by atoms with Crippen molar-refractivity contribution in [3.05, 3.63) is 46.8 Å². The zero-order valence-corrected chi connectivity index (χ0v) is 18.2. The molecule has 0 aliphatic heterocycles. The molecule has 0 saturated carbocycles. The van der Waals surface area contributed by atoms with Gasteiger partial charge in [-0.25, -0.2) is 4.98 Å². The zero-order chi connectivity index (χ0) is 20.1. The van der Waals surface area contributed by atoms with Crippen molar-refractivity contribution in [3.63, 3.8) is 0 Å². The lowest BCUT2D eigenvalue weighted by atomic mass is 10.1. The molecule has 28 heavy (non-hydrogen) atoms. The summed E-state index contributed by atoms with van der Waals surface area (Å²) < 4.78 is 11.7. The summed E-state index contributed by atoms with van der Waals surface area (Å²) in [7, 11) is 0. The first-order valence-electron chi connectivity index (χ1n) is 9.80. The van der Waals surface area contributed by atoms with Crippen molar-refractivity contribution >= 4 is 22.8 Å². The minimum absolute atomic E-state index is 0.269. The van der Waals surface area contributed by atoms with Gasteiger partial charge in [-0.15, -0.1) is 0 Å². The number of hydrogen-bond acceptors (Lipinski definition) is 5. The van der Waals surface area contributed by atoms with Gasteiger partial charge in [0.15, 0.2) is 11.4 Å². The van der Waals surface area contributed by atoms with Crippen molar-refractivity contribution in [2.45, 2.75) is 64.7 Å². The van der Waals surface area contributed by atoms with Crippen LogP contribution in [-0.2, 0) is 10.5 Å². The van der Waals surface area contributed by atoms with Crippen molar-refractivity contribution in [3.8, 4) is 5.75 Å². The van der Waals surface area contributed by atoms with Crippen LogP contribution in [0.15, 0.2) is 29.6 Å². The second-order valence-corrected chi connectivity index (χ2v) is 8.04. The quantitative estimate of drug-likeness (QED) is 0.283. The standard InChI is InChI=1S/C22H29N3O2S/c1-6-7-10-26-17(5)27-21-8-9-23-20(16(21)4)13-28-22-24-18-11-14(2)15(3)12-19(18)25-22/h8-9,11-12,17H,6-7,10,13H2,1-5H3,(H,24,25). The molecule has 0 fully saturated rings. The number of rotatable bonds is 9. The molecule has 0 radical (unpaired) electrons. The van der Waals surface area contributed by atoms with Crippen LogP contribution >= 0.6 is 11.8 Å². The number of benzene rings is 1. The number of aryl methyl sites for hydroxylation is 2. The van der Waals surface area contributed by atoms with E-state index in [0.29, 0.717) is 0 Å². The summed E-state index contributed by atoms with van der Waals surface area (Å²) in [6.45, 7) is 11.1. The molecule has 0 saturated heterocycles. The van der Waals surface area contributed by atoms with Crippen LogP contribution in [0.3, 0.4) is 0 Å². The largest absolute Gasteiger partial charge is 0.465 e. The van der Waals surface area contributed by atoms with Gasteiger partial charge in [0.05, 0.1) is 23.3 Å². The molecular formula is C22H29N3O2S. The highest BCUT2D eigenvalue weighted by molar-refractivity contribution is 7.98. The number of fused-ring (bicyclic) bond motifs is 1. The number of ether oxygens (including phenoxy) is 2. The van der Waals surface area contributed by atoms with Crippen LogP contribution < -0.4 is 4.74 Å². The lowest BCUT2D eigenvalue weighted by Crippen LogP contribution is -2.17. The average Bonchev–Trinajstić information content (AvgIpc) is 3.04. The van der Waals surface area contributed by atoms with E-state index in [1.807, 2.05) is 19.9 Å². The lowest BCUT2D eigenvalue weighted by Gasteiger charge is -2.17. The van der Waals surface area contributed by atoms with Gasteiger partial charge in [-0.1, -0.05) is 25.1 Å². The summed E-state index contributed by atoms with van der Waals surface area (Å²) >= 11 is 1.65. The molecule has 1 N–H and O–H groups in total. The van der Waals surface area contributed by atoms with E-state index in [0.717, 1.165) is 58.4 Å². The van der Waals surface area contributed by atoms with E-state index < -0.39 is 0 Å². The maximum absolute atomic E-state index is 5.96. The van der Waals surface area contributed by atoms with Crippen molar-refractivity contribution in [1.82, 2.24) is 15.0 Å². The highest BCUT2D eigenvalue weighted by atomic mass is 32.2. The van der Waals surface area contributed by atoms with Crippen LogP contribution in [0.4, 0.5) is 0 Å². The fraction of sp³-hybridized carbons (Fsp3) is 0.455. The van der Waals surface area contributed by atoms with Crippen LogP contribution in [0.25, 0.3) is 11.0 Å². The summed E-state index contributed by atoms with van der Waals surface area (Å²) in [6.07, 6.45) is 3.68. The van der Waals surface area contributed by atoms with E-state index in [9.17, 15) is 0 Å². The third-order valence-electron chi connectivity index (χ3n) is 4.82. The first-order chi connectivity index (χ1) is 13.5. The third kappa shape index (κ3) is 5.06. The molecule has 1 aromatic carbocycles. The average molecular weight is 400 g/mol. The highest BCUT2D eigenvalue weighted by Crippen LogP contribution is 2.28. The monoisotopic (exact) mass is 399 g/mol. The van der Waals surface area contributed by atoms with E-state index in [-0.39, 0.29) is 6.29 Å². The van der Waals surface area contributed by atoms with Gasteiger partial charge in [0, 0.05) is 17.5 Å². The summed E-state index contributed by atoms with van der Waals surface area (Å²) in [5, 5.41) is 0.906. The Balaban J connectivity index is 1.66. The van der Waals surface area contributed by atoms with Gasteiger partial charge in [0.25, 0.3) is 0 Å². The molecule has 6 heteroatoms. The maximum atomic E-state index is 5.96. The number of imidazole rings is 1. The summed E-state index contributed by atoms with van der Waals surface area (Å²) in [4.78, 5) is 12.6. The number of nitrogens with one attached hydrogen (secondary N) is 1. The molecule has 0 amide bonds. The van der Waals surface area contributed by atoms with Gasteiger partial charge in [-0.2, -0.15) is 0 Å². The minimum atomic E-state index is -0.269. The lowest BCUT2D eigenvalue weighted by molar-refractivity contribution is -0.0677. The topological polar surface area (TPSA) is 60.0 Å². The molecule has 0 aliphatic carbocycles. The third-order valence-corrected chi connectivity index (χ3v) is 5.71. The van der Waals surface area contributed by atoms with Gasteiger partial charge >= 0.3 is 0 Å². The second-order valence-electron chi connectivity index (χ2n) is 7.07. The van der Waals surface area contributed by atoms with Crippen LogP contribution in [-0.4, -0.2) is 27.8 Å². The van der Waals surface area contributed by atoms with Crippen molar-refractivity contribution in [1.29, 1.82) is 0 Å². The van der Waals surface area contributed by atoms with E-state index in [1.165, 1.54) is 11.1 Å². The predicted molar refractivity (Wildman–Crippen MR) is 115 cm³/mol. The van der Waals surface area contributed by atoms with Crippen molar-refractivity contribution in [2.24, 2.45) is 0 Å². The minimum Gasteiger partial charge on any atom is -0.465 e. The molecule has 2 aromatic heterocycles. The molecule has 0 spiro atoms. The van der Waals surface area contributed by atoms with Crippen LogP contribution in [0.2, 0.25) is 0 Å². The predicted octanol–water partition coefficient (Wildman–Crippen LogP) is 5.72. The number of unbranched alkanes of at least 4 members (excludes halogenated alkanes) is 1. The molecule has 0 aliphatic rings. The highest BCUT2D eigenvalue weighted by Gasteiger charge is 2.12. The van der Waals surface area contributed by atoms with Gasteiger partial charge in [-0.05, 0) is 63.4 Å². The van der Waals surface area contributed by atoms with E-state index in [1.54, 1.807) is 18.0 Å². The number of nitrogens with zero attached hydrogens (tertiary/aromatic N) is 2. The Labute approximate surface area is 171 Å². The number of aromatic amines is 1. The van der Waals surface area contributed by atoms with Gasteiger partial charge in [0.2, 0.25) is 0 Å². The van der Waals surface area contributed by atoms with Crippen molar-refractivity contribution < 1.29 is 9.47 Å². The molecule has 0 bridgehead atoms. The fourth-order valence-electron chi connectivity index (χ4n) is 2.89. The smallest absolute Gasteiger partial charge is 0.196 e. The van der Waals surface area contributed by atoms with Gasteiger partial charge in [0.1, 0.15) is 5.75 Å². The maximum Gasteiger partial charge on any atom is 0.196 e. The van der Waals surface area contributed by atoms with Crippen LogP contribution in [0.5, 0.6) is 5.75 Å². The summed E-state index contributed by atoms with van der Waals surface area (Å²) in [5.74, 6) is 1.55. The zero-order valence-electron chi connectivity index (χ0n) is 17.3. The van der Waals surface area contributed by atoms with Crippen LogP contribution in [0.1, 0.15) is 49.1 Å². The Kier molecular flexibility index (Phi) is 6.97. The Bertz CT molecular complexity index is 900. The molecule has 3 rings (SSSR count). The molecular weight excluding hydrogens is 370 g/mol. The number of pyridine rings is 1. The number of H-pyrrole nitrogens is 1. The van der Waals surface area contributed by atoms with Crippen molar-refractivity contribution in [2.75, 3.05) is 6.61 Å². The molecule has 3 aromatic rings. The molecule has 2 heterocycles. The fourth-order valence-corrected chi connectivity index (χ4v) is 3.80. The Hall–Kier alpha value is -2.05. The molecule has 150 valence electrons. The summed E-state index contributed by atoms with van der Waals surface area (Å²) in [6, 6.07) is 6.18. The Morgan fingerprint density at radius 3 is 2.75 bits per heavy atom. The molecule has 1 atom stereocenters. The van der Waals surface area contributed by atoms with Gasteiger partial charge < -0.3 is 14.5 Å². The van der Waals surface area contributed by atoms with Gasteiger partial charge in [-0.3, -0.25) is 4.98 Å². The first-order valence-corrected chi connectivity index (χ1v) is 10.8. The number of aromatic nitrogens is 3. The summed E-state index contributed by atoms with van der Waals surface area (Å²) in [5.41, 5.74) is 6.65. The number of hydrogen-bond donors (Lipinski definition) is 1. The molecule has 5 nitrogen and oxygen atoms in total. The van der Waals surface area contributed by atoms with E-state index in [2.05, 4.69) is 42.9 Å². The van der Waals surface area contributed by atoms with E-state index >= 15 is 0 Å². The first kappa shape index (κ1) is 20.7. The van der Waals surface area contributed by atoms with E-state index in [4.69, 9.17) is 14.5 Å². The SMILES string of the molecule is CCCCOC(C)Oc1ccnc(CSc2nc3cc(C)c(C)cc3[nH]2)c1C. The molecule has 1 unspecified atom stereocenters. The number of thioether (sulfide) groups is 1. The second kappa shape index (κ2) is 9.43.